The summed E-state index contributed by atoms with van der Waals surface area (Å²) in [6.07, 6.45) is -3.52. The first-order valence-electron chi connectivity index (χ1n) is 10.5. The van der Waals surface area contributed by atoms with Crippen LogP contribution in [0.1, 0.15) is 47.8 Å². The summed E-state index contributed by atoms with van der Waals surface area (Å²) in [7, 11) is 0. The predicted octanol–water partition coefficient (Wildman–Crippen LogP) is 5.23. The molecule has 0 fully saturated rings. The third kappa shape index (κ3) is 5.55. The van der Waals surface area contributed by atoms with Crippen molar-refractivity contribution in [2.24, 2.45) is 0 Å². The highest BCUT2D eigenvalue weighted by molar-refractivity contribution is 7.96. The number of carbonyl (C=O) groups is 1. The first kappa shape index (κ1) is 24.1. The zero-order valence-electron chi connectivity index (χ0n) is 18.4. The summed E-state index contributed by atoms with van der Waals surface area (Å²) >= 11 is 1.06. The molecular formula is C22H22F4N6OS. The van der Waals surface area contributed by atoms with Crippen molar-refractivity contribution < 1.29 is 22.4 Å². The molecule has 0 radical (unpaired) electrons. The van der Waals surface area contributed by atoms with E-state index in [0.717, 1.165) is 11.9 Å². The van der Waals surface area contributed by atoms with Gasteiger partial charge in [-0.1, -0.05) is 18.0 Å². The Morgan fingerprint density at radius 3 is 2.65 bits per heavy atom. The number of carbonyl (C=O) groups excluding carboxylic acids is 1. The average Bonchev–Trinajstić information content (AvgIpc) is 3.39. The molecule has 34 heavy (non-hydrogen) atoms. The van der Waals surface area contributed by atoms with E-state index in [1.807, 2.05) is 18.4 Å². The monoisotopic (exact) mass is 494 g/mol. The number of alkyl halides is 3. The molecule has 1 amide bonds. The van der Waals surface area contributed by atoms with E-state index in [2.05, 4.69) is 20.5 Å². The largest absolute Gasteiger partial charge is 0.389 e. The normalized spacial score (nSPS) is 14.0. The van der Waals surface area contributed by atoms with Crippen LogP contribution in [-0.4, -0.2) is 41.9 Å². The fraction of sp³-hybridized carbons (Fsp3) is 0.364. The minimum absolute atomic E-state index is 0.108. The summed E-state index contributed by atoms with van der Waals surface area (Å²) in [5.41, 5.74) is 1.71. The van der Waals surface area contributed by atoms with Gasteiger partial charge in [-0.25, -0.2) is 13.7 Å². The molecule has 0 bridgehead atoms. The zero-order valence-corrected chi connectivity index (χ0v) is 19.3. The molecule has 0 aliphatic carbocycles. The highest BCUT2D eigenvalue weighted by atomic mass is 32.2. The molecule has 7 nitrogen and oxygen atoms in total. The second kappa shape index (κ2) is 9.71. The summed E-state index contributed by atoms with van der Waals surface area (Å²) in [5, 5.41) is 10.6. The fourth-order valence-corrected chi connectivity index (χ4v) is 4.60. The Kier molecular flexibility index (Phi) is 6.89. The summed E-state index contributed by atoms with van der Waals surface area (Å²) < 4.78 is 55.4. The Hall–Kier alpha value is -2.99. The maximum Gasteiger partial charge on any atom is 0.389 e. The van der Waals surface area contributed by atoms with Crippen molar-refractivity contribution in [1.29, 1.82) is 0 Å². The molecule has 4 rings (SSSR count). The van der Waals surface area contributed by atoms with Crippen LogP contribution in [0.25, 0.3) is 11.5 Å². The maximum atomic E-state index is 14.7. The van der Waals surface area contributed by atoms with E-state index in [1.165, 1.54) is 12.1 Å². The Bertz CT molecular complexity index is 1200. The van der Waals surface area contributed by atoms with Gasteiger partial charge >= 0.3 is 6.18 Å². The van der Waals surface area contributed by atoms with Crippen molar-refractivity contribution in [3.05, 3.63) is 59.2 Å². The Labute approximate surface area is 197 Å². The molecule has 3 aromatic rings. The lowest BCUT2D eigenvalue weighted by molar-refractivity contribution is -0.129. The average molecular weight is 495 g/mol. The minimum Gasteiger partial charge on any atom is -0.310 e. The number of halogens is 4. The van der Waals surface area contributed by atoms with E-state index in [0.29, 0.717) is 35.7 Å². The summed E-state index contributed by atoms with van der Waals surface area (Å²) in [6, 6.07) is 7.85. The maximum absolute atomic E-state index is 14.7. The molecule has 1 aliphatic rings. The molecule has 0 unspecified atom stereocenters. The number of fused-ring (bicyclic) bond motifs is 1. The lowest BCUT2D eigenvalue weighted by atomic mass is 10.1. The molecule has 180 valence electrons. The van der Waals surface area contributed by atoms with Crippen LogP contribution in [-0.2, 0) is 13.1 Å². The van der Waals surface area contributed by atoms with Gasteiger partial charge in [0, 0.05) is 24.9 Å². The summed E-state index contributed by atoms with van der Waals surface area (Å²) in [6.45, 7) is 4.60. The second-order valence-corrected chi connectivity index (χ2v) is 9.30. The number of benzene rings is 1. The predicted molar refractivity (Wildman–Crippen MR) is 120 cm³/mol. The van der Waals surface area contributed by atoms with Crippen molar-refractivity contribution in [3.63, 3.8) is 0 Å². The van der Waals surface area contributed by atoms with Gasteiger partial charge in [-0.05, 0) is 49.2 Å². The van der Waals surface area contributed by atoms with Gasteiger partial charge in [0.05, 0.1) is 12.0 Å². The topological polar surface area (TPSA) is 75.9 Å². The lowest BCUT2D eigenvalue weighted by Crippen LogP contribution is -2.15. The third-order valence-electron chi connectivity index (χ3n) is 5.24. The molecule has 12 heteroatoms. The van der Waals surface area contributed by atoms with Crippen molar-refractivity contribution in [2.45, 2.75) is 45.6 Å². The number of hydrogen-bond donors (Lipinski definition) is 1. The molecule has 1 N–H and O–H groups in total. The van der Waals surface area contributed by atoms with Gasteiger partial charge < -0.3 is 9.88 Å². The van der Waals surface area contributed by atoms with Gasteiger partial charge in [0.2, 0.25) is 0 Å². The molecule has 1 aliphatic heterocycles. The van der Waals surface area contributed by atoms with Crippen LogP contribution in [0.5, 0.6) is 0 Å². The van der Waals surface area contributed by atoms with Crippen LogP contribution in [0.2, 0.25) is 0 Å². The number of nitrogens with zero attached hydrogens (tertiary/aromatic N) is 5. The molecule has 1 aromatic carbocycles. The molecule has 0 saturated carbocycles. The fourth-order valence-electron chi connectivity index (χ4n) is 3.56. The Morgan fingerprint density at radius 2 is 1.94 bits per heavy atom. The van der Waals surface area contributed by atoms with E-state index in [-0.39, 0.29) is 23.2 Å². The van der Waals surface area contributed by atoms with Gasteiger partial charge in [-0.15, -0.1) is 10.2 Å². The third-order valence-corrected chi connectivity index (χ3v) is 6.25. The number of pyridine rings is 1. The van der Waals surface area contributed by atoms with E-state index >= 15 is 0 Å². The van der Waals surface area contributed by atoms with Crippen LogP contribution in [0.15, 0.2) is 36.7 Å². The molecule has 0 spiro atoms. The smallest absolute Gasteiger partial charge is 0.310 e. The van der Waals surface area contributed by atoms with Crippen molar-refractivity contribution in [1.82, 2.24) is 24.1 Å². The number of nitrogens with one attached hydrogen (secondary N) is 1. The molecule has 0 saturated heterocycles. The first-order valence-corrected chi connectivity index (χ1v) is 11.5. The van der Waals surface area contributed by atoms with Gasteiger partial charge in [-0.2, -0.15) is 13.2 Å². The zero-order chi connectivity index (χ0) is 24.5. The quantitative estimate of drug-likeness (QED) is 0.358. The van der Waals surface area contributed by atoms with E-state index in [4.69, 9.17) is 0 Å². The number of anilines is 1. The lowest BCUT2D eigenvalue weighted by Gasteiger charge is -2.14. The summed E-state index contributed by atoms with van der Waals surface area (Å²) in [4.78, 5) is 17.2. The van der Waals surface area contributed by atoms with Crippen LogP contribution >= 0.6 is 11.9 Å². The number of rotatable bonds is 7. The molecule has 3 heterocycles. The van der Waals surface area contributed by atoms with E-state index < -0.39 is 24.3 Å². The Morgan fingerprint density at radius 1 is 1.21 bits per heavy atom. The van der Waals surface area contributed by atoms with Crippen molar-refractivity contribution >= 4 is 23.7 Å². The van der Waals surface area contributed by atoms with Crippen LogP contribution in [0, 0.1) is 5.82 Å². The molecule has 0 atom stereocenters. The minimum atomic E-state index is -4.22. The number of aromatic nitrogens is 4. The highest BCUT2D eigenvalue weighted by Crippen LogP contribution is 2.32. The van der Waals surface area contributed by atoms with Crippen LogP contribution < -0.4 is 5.32 Å². The van der Waals surface area contributed by atoms with Crippen LogP contribution in [0.3, 0.4) is 0 Å². The van der Waals surface area contributed by atoms with Gasteiger partial charge in [0.25, 0.3) is 5.91 Å². The molecule has 2 aromatic heterocycles. The number of amides is 1. The second-order valence-electron chi connectivity index (χ2n) is 8.11. The standard InChI is InChI=1S/C22H22F4N6OS/c1-13(2)32-12-27-30-20(32)18-4-3-5-19(28-18)29-21(33)16-8-14-10-31(11-15(14)9-17(16)23)34-7-6-22(24,25)26/h3-5,8-9,12-13H,6-7,10-11H2,1-2H3,(H,28,29,33). The van der Waals surface area contributed by atoms with Gasteiger partial charge in [0.15, 0.2) is 5.82 Å². The van der Waals surface area contributed by atoms with Crippen molar-refractivity contribution in [3.8, 4) is 11.5 Å². The van der Waals surface area contributed by atoms with Crippen LogP contribution in [0.4, 0.5) is 23.4 Å². The van der Waals surface area contributed by atoms with E-state index in [9.17, 15) is 22.4 Å². The first-order chi connectivity index (χ1) is 16.1. The SMILES string of the molecule is CC(C)n1cnnc1-c1cccc(NC(=O)c2cc3c(cc2F)CN(SCCC(F)(F)F)C3)n1. The highest BCUT2D eigenvalue weighted by Gasteiger charge is 2.29. The van der Waals surface area contributed by atoms with Gasteiger partial charge in [-0.3, -0.25) is 4.79 Å². The summed E-state index contributed by atoms with van der Waals surface area (Å²) in [5.74, 6) is -0.713. The van der Waals surface area contributed by atoms with Gasteiger partial charge in [0.1, 0.15) is 23.7 Å². The molecular weight excluding hydrogens is 472 g/mol. The number of hydrogen-bond acceptors (Lipinski definition) is 6. The van der Waals surface area contributed by atoms with Crippen molar-refractivity contribution in [2.75, 3.05) is 11.1 Å². The Balaban J connectivity index is 1.46. The van der Waals surface area contributed by atoms with E-state index in [1.54, 1.807) is 28.8 Å².